The van der Waals surface area contributed by atoms with Crippen molar-refractivity contribution in [2.24, 2.45) is 0 Å². The number of hydrogen-bond donors (Lipinski definition) is 0. The Labute approximate surface area is 53.5 Å². The van der Waals surface area contributed by atoms with Crippen molar-refractivity contribution in [3.63, 3.8) is 0 Å². The van der Waals surface area contributed by atoms with Crippen LogP contribution >= 0.6 is 0 Å². The van der Waals surface area contributed by atoms with E-state index in [1.807, 2.05) is 0 Å². The molecular weight excluding hydrogens is 155 g/mol. The van der Waals surface area contributed by atoms with E-state index in [1.165, 1.54) is 0 Å². The van der Waals surface area contributed by atoms with Gasteiger partial charge in [-0.3, -0.25) is 0 Å². The van der Waals surface area contributed by atoms with Gasteiger partial charge in [0.2, 0.25) is 0 Å². The number of hydrogen-bond acceptors (Lipinski definition) is 5. The number of carbonyl (C=O) groups is 2. The van der Waals surface area contributed by atoms with Gasteiger partial charge in [-0.25, -0.2) is 0 Å². The first-order valence-corrected chi connectivity index (χ1v) is 1.82. The Kier molecular flexibility index (Phi) is 8.17. The van der Waals surface area contributed by atoms with Crippen molar-refractivity contribution in [2.45, 2.75) is 0 Å². The molecule has 0 aliphatic heterocycles. The maximum atomic E-state index is 8.93. The molecule has 0 rings (SSSR count). The Morgan fingerprint density at radius 3 is 1.12 bits per heavy atom. The third kappa shape index (κ3) is 9.01. The van der Waals surface area contributed by atoms with Gasteiger partial charge >= 0.3 is 21.0 Å². The van der Waals surface area contributed by atoms with Gasteiger partial charge in [0, 0.05) is 0 Å². The topological polar surface area (TPSA) is 97.3 Å². The third-order valence-electron chi connectivity index (χ3n) is 0.167. The second-order valence-corrected chi connectivity index (χ2v) is 0.575. The molecule has 0 aromatic carbocycles. The molecule has 0 aromatic rings. The Morgan fingerprint density at radius 2 is 1.12 bits per heavy atom. The van der Waals surface area contributed by atoms with Crippen molar-refractivity contribution in [3.05, 3.63) is 0 Å². The maximum absolute atomic E-state index is 8.93. The predicted molar refractivity (Wildman–Crippen MR) is 10.7 cm³/mol. The number of rotatable bonds is 0. The van der Waals surface area contributed by atoms with E-state index in [9.17, 15) is 0 Å². The van der Waals surface area contributed by atoms with Crippen LogP contribution in [0.1, 0.15) is 0 Å². The normalized spacial score (nSPS) is 6.25. The standard InChI is InChI=1S/C2H2O4.O.V/c3-1(4)2(5)6;;/h(H,3,4)(H,5,6);;/q;;+2/p-2. The molecule has 5 nitrogen and oxygen atoms in total. The van der Waals surface area contributed by atoms with Crippen molar-refractivity contribution in [3.8, 4) is 0 Å². The van der Waals surface area contributed by atoms with Gasteiger partial charge in [-0.1, -0.05) is 0 Å². The molecule has 0 fully saturated rings. The Morgan fingerprint density at radius 1 is 1.00 bits per heavy atom. The number of carboxylic acids is 2. The van der Waals surface area contributed by atoms with Crippen LogP contribution in [-0.2, 0) is 30.6 Å². The zero-order chi connectivity index (χ0) is 7.15. The Balaban J connectivity index is 0. The molecule has 0 N–H and O–H groups in total. The zero-order valence-corrected chi connectivity index (χ0v) is 4.89. The van der Waals surface area contributed by atoms with Crippen molar-refractivity contribution in [1.82, 2.24) is 0 Å². The molecule has 6 heteroatoms. The van der Waals surface area contributed by atoms with Crippen LogP contribution in [0.2, 0.25) is 0 Å². The quantitative estimate of drug-likeness (QED) is 0.336. The summed E-state index contributed by atoms with van der Waals surface area (Å²) < 4.78 is 8.19. The summed E-state index contributed by atoms with van der Waals surface area (Å²) in [6.07, 6.45) is 0. The van der Waals surface area contributed by atoms with Crippen molar-refractivity contribution in [2.75, 3.05) is 0 Å². The molecule has 0 heterocycles. The fraction of sp³-hybridized carbons (Fsp3) is 0. The van der Waals surface area contributed by atoms with Gasteiger partial charge in [0.05, 0.1) is 11.9 Å². The molecule has 0 aromatic heterocycles. The SMILES string of the molecule is O=C([O-])C(=O)[O-].[O]=[V+2]. The predicted octanol–water partition coefficient (Wildman–Crippen LogP) is -3.64. The van der Waals surface area contributed by atoms with Gasteiger partial charge < -0.3 is 19.8 Å². The van der Waals surface area contributed by atoms with Crippen LogP contribution in [0.5, 0.6) is 0 Å². The first-order chi connectivity index (χ1) is 3.64. The molecule has 0 atom stereocenters. The fourth-order valence-electron chi connectivity index (χ4n) is 0. The summed E-state index contributed by atoms with van der Waals surface area (Å²) >= 11 is 1.06. The average Bonchev–Trinajstić information content (AvgIpc) is 1.72. The minimum atomic E-state index is -2.19. The Hall–Kier alpha value is -0.676. The van der Waals surface area contributed by atoms with Crippen LogP contribution < -0.4 is 10.2 Å². The molecule has 43 valence electrons. The van der Waals surface area contributed by atoms with Crippen LogP contribution in [0.25, 0.3) is 0 Å². The van der Waals surface area contributed by atoms with Crippen LogP contribution in [0, 0.1) is 0 Å². The van der Waals surface area contributed by atoms with E-state index in [2.05, 4.69) is 0 Å². The van der Waals surface area contributed by atoms with Gasteiger partial charge in [0.15, 0.2) is 0 Å². The van der Waals surface area contributed by atoms with Crippen LogP contribution in [-0.4, -0.2) is 11.9 Å². The molecule has 0 radical (unpaired) electrons. The summed E-state index contributed by atoms with van der Waals surface area (Å²) in [6, 6.07) is 0. The molecule has 0 aliphatic rings. The molecule has 0 saturated carbocycles. The van der Waals surface area contributed by atoms with E-state index in [4.69, 9.17) is 23.5 Å². The van der Waals surface area contributed by atoms with Crippen LogP contribution in [0.3, 0.4) is 0 Å². The van der Waals surface area contributed by atoms with Gasteiger partial charge in [0.25, 0.3) is 0 Å². The summed E-state index contributed by atoms with van der Waals surface area (Å²) in [5.41, 5.74) is 0. The van der Waals surface area contributed by atoms with E-state index in [0.717, 1.165) is 17.4 Å². The number of carbonyl (C=O) groups excluding carboxylic acids is 2. The Bertz CT molecular complexity index is 86.6. The van der Waals surface area contributed by atoms with E-state index >= 15 is 0 Å². The minimum absolute atomic E-state index is 1.06. The monoisotopic (exact) mass is 155 g/mol. The molecule has 0 saturated heterocycles. The summed E-state index contributed by atoms with van der Waals surface area (Å²) in [6.45, 7) is 0. The zero-order valence-electron chi connectivity index (χ0n) is 3.49. The summed E-state index contributed by atoms with van der Waals surface area (Å²) in [5.74, 6) is -4.37. The van der Waals surface area contributed by atoms with E-state index < -0.39 is 11.9 Å². The van der Waals surface area contributed by atoms with Crippen LogP contribution in [0.4, 0.5) is 0 Å². The average molecular weight is 155 g/mol. The summed E-state index contributed by atoms with van der Waals surface area (Å²) in [5, 5.41) is 17.9. The van der Waals surface area contributed by atoms with Crippen molar-refractivity contribution in [1.29, 1.82) is 0 Å². The summed E-state index contributed by atoms with van der Waals surface area (Å²) in [4.78, 5) is 17.9. The number of aliphatic carboxylic acids is 2. The van der Waals surface area contributed by atoms with E-state index in [-0.39, 0.29) is 0 Å². The molecule has 0 bridgehead atoms. The van der Waals surface area contributed by atoms with Crippen LogP contribution in [0.15, 0.2) is 0 Å². The fourth-order valence-corrected chi connectivity index (χ4v) is 0. The first kappa shape index (κ1) is 10.3. The van der Waals surface area contributed by atoms with E-state index in [1.54, 1.807) is 0 Å². The van der Waals surface area contributed by atoms with Crippen molar-refractivity contribution < 1.29 is 40.8 Å². The molecule has 0 spiro atoms. The van der Waals surface area contributed by atoms with Gasteiger partial charge in [-0.2, -0.15) is 0 Å². The molecule has 0 amide bonds. The van der Waals surface area contributed by atoms with Gasteiger partial charge in [0.1, 0.15) is 0 Å². The molecule has 0 unspecified atom stereocenters. The first-order valence-electron chi connectivity index (χ1n) is 1.25. The van der Waals surface area contributed by atoms with Gasteiger partial charge in [-0.05, 0) is 0 Å². The molecule has 0 aliphatic carbocycles. The summed E-state index contributed by atoms with van der Waals surface area (Å²) in [7, 11) is 0. The third-order valence-corrected chi connectivity index (χ3v) is 0.167. The van der Waals surface area contributed by atoms with Gasteiger partial charge in [-0.15, -0.1) is 0 Å². The van der Waals surface area contributed by atoms with Crippen molar-refractivity contribution >= 4 is 11.9 Å². The second-order valence-electron chi connectivity index (χ2n) is 0.575. The molecular formula is C2O5V. The second kappa shape index (κ2) is 6.32. The number of carboxylic acid groups (broad SMARTS) is 2. The van der Waals surface area contributed by atoms with E-state index in [0.29, 0.717) is 0 Å². The molecule has 8 heavy (non-hydrogen) atoms.